The molecule has 0 spiro atoms. The van der Waals surface area contributed by atoms with E-state index in [1.165, 1.54) is 0 Å². The Hall–Kier alpha value is -2.34. The van der Waals surface area contributed by atoms with Crippen molar-refractivity contribution < 1.29 is 9.21 Å². The average Bonchev–Trinajstić information content (AvgIpc) is 3.44. The maximum Gasteiger partial charge on any atom is 0.254 e. The molecular weight excluding hydrogens is 433 g/mol. The number of pyridine rings is 1. The zero-order valence-corrected chi connectivity index (χ0v) is 18.9. The van der Waals surface area contributed by atoms with Crippen molar-refractivity contribution in [3.05, 3.63) is 65.2 Å². The Morgan fingerprint density at radius 1 is 1.19 bits per heavy atom. The van der Waals surface area contributed by atoms with Gasteiger partial charge in [-0.15, -0.1) is 24.8 Å². The van der Waals surface area contributed by atoms with E-state index in [2.05, 4.69) is 6.08 Å². The van der Waals surface area contributed by atoms with Crippen LogP contribution in [0.5, 0.6) is 0 Å². The highest BCUT2D eigenvalue weighted by Crippen LogP contribution is 2.37. The molecule has 2 N–H and O–H groups in total. The van der Waals surface area contributed by atoms with Crippen LogP contribution in [0, 0.1) is 5.92 Å². The van der Waals surface area contributed by atoms with Crippen molar-refractivity contribution >= 4 is 53.3 Å². The molecule has 1 unspecified atom stereocenters. The van der Waals surface area contributed by atoms with E-state index in [1.54, 1.807) is 6.26 Å². The molecule has 1 amide bonds. The van der Waals surface area contributed by atoms with Crippen LogP contribution in [0.2, 0.25) is 0 Å². The number of likely N-dealkylation sites (tertiary alicyclic amines) is 1. The number of nitrogens with zero attached hydrogens (tertiary/aromatic N) is 2. The van der Waals surface area contributed by atoms with E-state index >= 15 is 0 Å². The van der Waals surface area contributed by atoms with Gasteiger partial charge >= 0.3 is 0 Å². The molecule has 0 saturated carbocycles. The predicted octanol–water partition coefficient (Wildman–Crippen LogP) is 4.97. The van der Waals surface area contributed by atoms with Gasteiger partial charge in [-0.1, -0.05) is 18.2 Å². The number of amides is 1. The number of furan rings is 1. The zero-order valence-electron chi connectivity index (χ0n) is 17.3. The quantitative estimate of drug-likeness (QED) is 0.599. The van der Waals surface area contributed by atoms with Crippen LogP contribution >= 0.6 is 24.8 Å². The van der Waals surface area contributed by atoms with Crippen LogP contribution < -0.4 is 5.73 Å². The number of nitrogens with two attached hydrogens (primary N) is 1. The number of rotatable bonds is 3. The first-order chi connectivity index (χ1) is 14.2. The third-order valence-electron chi connectivity index (χ3n) is 6.15. The molecule has 3 aromatic rings. The number of carbonyl (C=O) groups is 1. The van der Waals surface area contributed by atoms with Crippen molar-refractivity contribution in [2.24, 2.45) is 11.7 Å². The highest BCUT2D eigenvalue weighted by atomic mass is 35.5. The first-order valence-corrected chi connectivity index (χ1v) is 10.4. The van der Waals surface area contributed by atoms with Crippen LogP contribution in [0.15, 0.2) is 47.1 Å². The lowest BCUT2D eigenvalue weighted by Gasteiger charge is -2.25. The fourth-order valence-corrected chi connectivity index (χ4v) is 4.63. The van der Waals surface area contributed by atoms with Gasteiger partial charge in [0, 0.05) is 18.5 Å². The molecule has 0 radical (unpaired) electrons. The zero-order chi connectivity index (χ0) is 19.8. The maximum atomic E-state index is 13.6. The molecule has 0 bridgehead atoms. The molecule has 1 atom stereocenters. The fraction of sp³-hybridized carbons (Fsp3) is 0.333. The Bertz CT molecular complexity index is 1100. The summed E-state index contributed by atoms with van der Waals surface area (Å²) in [6.45, 7) is 2.16. The summed E-state index contributed by atoms with van der Waals surface area (Å²) < 4.78 is 5.53. The maximum absolute atomic E-state index is 13.6. The molecule has 2 aromatic heterocycles. The summed E-state index contributed by atoms with van der Waals surface area (Å²) in [5.74, 6) is 1.34. The Labute approximate surface area is 194 Å². The van der Waals surface area contributed by atoms with Gasteiger partial charge < -0.3 is 15.1 Å². The molecular formula is C24H27Cl2N3O2. The largest absolute Gasteiger partial charge is 0.465 e. The van der Waals surface area contributed by atoms with Crippen LogP contribution in [-0.4, -0.2) is 35.4 Å². The molecule has 5 nitrogen and oxygen atoms in total. The molecule has 5 rings (SSSR count). The number of aromatic nitrogens is 1. The number of benzene rings is 1. The van der Waals surface area contributed by atoms with Crippen molar-refractivity contribution in [3.63, 3.8) is 0 Å². The van der Waals surface area contributed by atoms with Crippen LogP contribution in [-0.2, 0) is 6.42 Å². The van der Waals surface area contributed by atoms with Gasteiger partial charge in [-0.2, -0.15) is 0 Å². The minimum atomic E-state index is 0. The Morgan fingerprint density at radius 2 is 2.03 bits per heavy atom. The van der Waals surface area contributed by atoms with Gasteiger partial charge in [-0.25, -0.2) is 4.98 Å². The molecule has 1 aliphatic carbocycles. The average molecular weight is 460 g/mol. The summed E-state index contributed by atoms with van der Waals surface area (Å²) in [5.41, 5.74) is 10.7. The summed E-state index contributed by atoms with van der Waals surface area (Å²) in [7, 11) is 0. The monoisotopic (exact) mass is 459 g/mol. The van der Waals surface area contributed by atoms with E-state index in [9.17, 15) is 4.79 Å². The van der Waals surface area contributed by atoms with E-state index in [-0.39, 0.29) is 30.7 Å². The lowest BCUT2D eigenvalue weighted by Crippen LogP contribution is -2.31. The number of carbonyl (C=O) groups excluding carboxylic acids is 1. The van der Waals surface area contributed by atoms with Gasteiger partial charge in [0.1, 0.15) is 5.76 Å². The molecule has 31 heavy (non-hydrogen) atoms. The second kappa shape index (κ2) is 9.86. The number of fused-ring (bicyclic) bond motifs is 2. The fourth-order valence-electron chi connectivity index (χ4n) is 4.63. The molecule has 1 saturated heterocycles. The smallest absolute Gasteiger partial charge is 0.254 e. The van der Waals surface area contributed by atoms with Gasteiger partial charge in [0.25, 0.3) is 5.91 Å². The Balaban J connectivity index is 0.00000136. The molecule has 2 aliphatic rings. The summed E-state index contributed by atoms with van der Waals surface area (Å²) in [6, 6.07) is 11.8. The number of halogens is 2. The second-order valence-electron chi connectivity index (χ2n) is 8.01. The third-order valence-corrected chi connectivity index (χ3v) is 6.15. The summed E-state index contributed by atoms with van der Waals surface area (Å²) >= 11 is 0. The van der Waals surface area contributed by atoms with Crippen molar-refractivity contribution in [1.82, 2.24) is 9.88 Å². The predicted molar refractivity (Wildman–Crippen MR) is 129 cm³/mol. The lowest BCUT2D eigenvalue weighted by atomic mass is 9.86. The van der Waals surface area contributed by atoms with Gasteiger partial charge in [-0.05, 0) is 73.6 Å². The van der Waals surface area contributed by atoms with Crippen LogP contribution in [0.4, 0.5) is 0 Å². The van der Waals surface area contributed by atoms with E-state index < -0.39 is 0 Å². The van der Waals surface area contributed by atoms with Crippen LogP contribution in [0.3, 0.4) is 0 Å². The van der Waals surface area contributed by atoms with Gasteiger partial charge in [0.15, 0.2) is 0 Å². The second-order valence-corrected chi connectivity index (χ2v) is 8.01. The SMILES string of the molecule is Cl.Cl.NCC1CCN(C(=O)c2c3c(nc4ccccc24)/C(=C\c2ccco2)CCC3)C1. The van der Waals surface area contributed by atoms with E-state index in [1.807, 2.05) is 41.3 Å². The number of hydrogen-bond donors (Lipinski definition) is 1. The van der Waals surface area contributed by atoms with Crippen molar-refractivity contribution in [2.45, 2.75) is 25.7 Å². The summed E-state index contributed by atoms with van der Waals surface area (Å²) in [6.07, 6.45) is 7.54. The standard InChI is InChI=1S/C24H25N3O2.2ClH/c25-14-16-10-11-27(15-16)24(28)22-19-7-1-2-9-21(19)26-23-17(5-3-8-20(22)23)13-18-6-4-12-29-18;;/h1-2,4,6-7,9,12-13,16H,3,5,8,10-11,14-15,25H2;2*1H/b17-13-;;. The topological polar surface area (TPSA) is 72.4 Å². The normalized spacial score (nSPS) is 19.1. The summed E-state index contributed by atoms with van der Waals surface area (Å²) in [4.78, 5) is 20.6. The van der Waals surface area contributed by atoms with Gasteiger partial charge in [0.05, 0.1) is 23.0 Å². The van der Waals surface area contributed by atoms with Crippen molar-refractivity contribution in [3.8, 4) is 0 Å². The number of para-hydroxylation sites is 1. The van der Waals surface area contributed by atoms with E-state index in [4.69, 9.17) is 15.1 Å². The molecule has 3 heterocycles. The van der Waals surface area contributed by atoms with Crippen molar-refractivity contribution in [2.75, 3.05) is 19.6 Å². The highest BCUT2D eigenvalue weighted by Gasteiger charge is 2.31. The minimum Gasteiger partial charge on any atom is -0.465 e. The van der Waals surface area contributed by atoms with Crippen molar-refractivity contribution in [1.29, 1.82) is 0 Å². The van der Waals surface area contributed by atoms with Crippen LogP contribution in [0.25, 0.3) is 22.6 Å². The Morgan fingerprint density at radius 3 is 2.77 bits per heavy atom. The first kappa shape index (κ1) is 23.3. The van der Waals surface area contributed by atoms with Gasteiger partial charge in [-0.3, -0.25) is 4.79 Å². The van der Waals surface area contributed by atoms with E-state index in [0.717, 1.165) is 77.8 Å². The molecule has 1 aliphatic heterocycles. The third kappa shape index (κ3) is 4.36. The highest BCUT2D eigenvalue weighted by molar-refractivity contribution is 6.09. The number of hydrogen-bond acceptors (Lipinski definition) is 4. The lowest BCUT2D eigenvalue weighted by molar-refractivity contribution is 0.0788. The summed E-state index contributed by atoms with van der Waals surface area (Å²) in [5, 5.41) is 0.951. The molecule has 1 fully saturated rings. The Kier molecular flexibility index (Phi) is 7.42. The first-order valence-electron chi connectivity index (χ1n) is 10.4. The van der Waals surface area contributed by atoms with Gasteiger partial charge in [0.2, 0.25) is 0 Å². The van der Waals surface area contributed by atoms with Crippen LogP contribution in [0.1, 0.15) is 46.6 Å². The molecule has 164 valence electrons. The molecule has 7 heteroatoms. The molecule has 1 aromatic carbocycles. The minimum absolute atomic E-state index is 0. The van der Waals surface area contributed by atoms with E-state index in [0.29, 0.717) is 12.5 Å². The number of allylic oxidation sites excluding steroid dienone is 1.